The number of piperazine rings is 1. The number of halogens is 1. The zero-order valence-electron chi connectivity index (χ0n) is 19.8. The van der Waals surface area contributed by atoms with E-state index in [1.807, 2.05) is 70.5 Å². The number of nitrogens with zero attached hydrogens (tertiary/aromatic N) is 3. The summed E-state index contributed by atoms with van der Waals surface area (Å²) >= 11 is 6.13. The maximum Gasteiger partial charge on any atom is 0.253 e. The zero-order chi connectivity index (χ0) is 24.2. The molecule has 0 bridgehead atoms. The van der Waals surface area contributed by atoms with Crippen LogP contribution in [-0.4, -0.2) is 60.9 Å². The maximum atomic E-state index is 13.2. The Bertz CT molecular complexity index is 1170. The first-order chi connectivity index (χ1) is 17.1. The lowest BCUT2D eigenvalue weighted by Gasteiger charge is -2.39. The lowest BCUT2D eigenvalue weighted by atomic mass is 9.94. The smallest absolute Gasteiger partial charge is 0.253 e. The van der Waals surface area contributed by atoms with Gasteiger partial charge in [-0.1, -0.05) is 60.1 Å². The van der Waals surface area contributed by atoms with Gasteiger partial charge in [-0.3, -0.25) is 9.59 Å². The van der Waals surface area contributed by atoms with Gasteiger partial charge in [0.25, 0.3) is 5.91 Å². The lowest BCUT2D eigenvalue weighted by molar-refractivity contribution is -0.137. The number of likely N-dealkylation sites (tertiary alicyclic amines) is 1. The molecule has 5 nitrogen and oxygen atoms in total. The number of hydrogen-bond acceptors (Lipinski definition) is 3. The van der Waals surface area contributed by atoms with Gasteiger partial charge in [0.05, 0.1) is 0 Å². The second-order valence-corrected chi connectivity index (χ2v) is 9.74. The van der Waals surface area contributed by atoms with Crippen LogP contribution in [0, 0.1) is 5.92 Å². The Morgan fingerprint density at radius 2 is 1.34 bits per heavy atom. The maximum absolute atomic E-state index is 13.2. The SMILES string of the molecule is O=C(c1ccc(-c2ccccc2)cc1)N1CCC(C(=O)N2CCN(c3cccc(Cl)c3)CC2)CC1. The van der Waals surface area contributed by atoms with Crippen LogP contribution in [0.1, 0.15) is 23.2 Å². The van der Waals surface area contributed by atoms with Gasteiger partial charge in [-0.05, 0) is 54.3 Å². The van der Waals surface area contributed by atoms with Crippen LogP contribution in [0.15, 0.2) is 78.9 Å². The quantitative estimate of drug-likeness (QED) is 0.507. The number of amides is 2. The average Bonchev–Trinajstić information content (AvgIpc) is 2.93. The molecule has 2 aliphatic rings. The number of rotatable bonds is 4. The molecule has 0 radical (unpaired) electrons. The minimum atomic E-state index is -0.00257. The summed E-state index contributed by atoms with van der Waals surface area (Å²) in [4.78, 5) is 32.3. The predicted octanol–water partition coefficient (Wildman–Crippen LogP) is 5.21. The van der Waals surface area contributed by atoms with E-state index in [9.17, 15) is 9.59 Å². The number of piperidine rings is 1. The minimum Gasteiger partial charge on any atom is -0.368 e. The van der Waals surface area contributed by atoms with E-state index >= 15 is 0 Å². The van der Waals surface area contributed by atoms with Gasteiger partial charge in [-0.2, -0.15) is 0 Å². The molecule has 6 heteroatoms. The van der Waals surface area contributed by atoms with Crippen LogP contribution < -0.4 is 4.90 Å². The van der Waals surface area contributed by atoms with Gasteiger partial charge in [0.15, 0.2) is 0 Å². The Hall–Kier alpha value is -3.31. The number of carbonyl (C=O) groups is 2. The van der Waals surface area contributed by atoms with Crippen LogP contribution in [0.5, 0.6) is 0 Å². The fourth-order valence-electron chi connectivity index (χ4n) is 5.06. The summed E-state index contributed by atoms with van der Waals surface area (Å²) in [6, 6.07) is 25.8. The van der Waals surface area contributed by atoms with Gasteiger partial charge in [-0.15, -0.1) is 0 Å². The average molecular weight is 488 g/mol. The highest BCUT2D eigenvalue weighted by Gasteiger charge is 2.32. The molecule has 3 aromatic rings. The van der Waals surface area contributed by atoms with E-state index in [0.717, 1.165) is 60.9 Å². The summed E-state index contributed by atoms with van der Waals surface area (Å²) in [6.45, 7) is 4.30. The molecule has 0 saturated carbocycles. The second kappa shape index (κ2) is 10.5. The molecular formula is C29H30ClN3O2. The van der Waals surface area contributed by atoms with E-state index in [1.165, 1.54) is 0 Å². The monoisotopic (exact) mass is 487 g/mol. The first kappa shape index (κ1) is 23.4. The Morgan fingerprint density at radius 3 is 2.00 bits per heavy atom. The molecule has 2 fully saturated rings. The van der Waals surface area contributed by atoms with Crippen LogP contribution in [0.3, 0.4) is 0 Å². The first-order valence-corrected chi connectivity index (χ1v) is 12.7. The van der Waals surface area contributed by atoms with Crippen molar-refractivity contribution in [2.75, 3.05) is 44.2 Å². The Balaban J connectivity index is 1.12. The summed E-state index contributed by atoms with van der Waals surface area (Å²) in [6.07, 6.45) is 1.45. The number of hydrogen-bond donors (Lipinski definition) is 0. The highest BCUT2D eigenvalue weighted by Crippen LogP contribution is 2.25. The predicted molar refractivity (Wildman–Crippen MR) is 141 cm³/mol. The summed E-state index contributed by atoms with van der Waals surface area (Å²) in [5, 5.41) is 0.731. The van der Waals surface area contributed by atoms with Crippen LogP contribution in [0.25, 0.3) is 11.1 Å². The van der Waals surface area contributed by atoms with Crippen molar-refractivity contribution in [3.05, 3.63) is 89.4 Å². The van der Waals surface area contributed by atoms with Gasteiger partial charge >= 0.3 is 0 Å². The lowest BCUT2D eigenvalue weighted by Crippen LogP contribution is -2.52. The highest BCUT2D eigenvalue weighted by molar-refractivity contribution is 6.30. The highest BCUT2D eigenvalue weighted by atomic mass is 35.5. The molecule has 0 spiro atoms. The molecule has 0 atom stereocenters. The number of anilines is 1. The van der Waals surface area contributed by atoms with E-state index in [0.29, 0.717) is 18.7 Å². The van der Waals surface area contributed by atoms with Crippen molar-refractivity contribution in [3.8, 4) is 11.1 Å². The number of benzene rings is 3. The molecule has 0 aliphatic carbocycles. The zero-order valence-corrected chi connectivity index (χ0v) is 20.5. The summed E-state index contributed by atoms with van der Waals surface area (Å²) in [5.41, 5.74) is 4.04. The van der Waals surface area contributed by atoms with E-state index < -0.39 is 0 Å². The van der Waals surface area contributed by atoms with E-state index in [-0.39, 0.29) is 17.7 Å². The fourth-order valence-corrected chi connectivity index (χ4v) is 5.25. The molecule has 2 aliphatic heterocycles. The van der Waals surface area contributed by atoms with Crippen molar-refractivity contribution in [1.29, 1.82) is 0 Å². The van der Waals surface area contributed by atoms with Gasteiger partial charge in [0.2, 0.25) is 5.91 Å². The van der Waals surface area contributed by atoms with E-state index in [1.54, 1.807) is 0 Å². The third-order valence-electron chi connectivity index (χ3n) is 7.14. The van der Waals surface area contributed by atoms with E-state index in [2.05, 4.69) is 23.1 Å². The van der Waals surface area contributed by atoms with Crippen molar-refractivity contribution in [3.63, 3.8) is 0 Å². The molecule has 35 heavy (non-hydrogen) atoms. The molecule has 2 heterocycles. The molecule has 0 N–H and O–H groups in total. The summed E-state index contributed by atoms with van der Waals surface area (Å²) in [5.74, 6) is 0.276. The van der Waals surface area contributed by atoms with Crippen LogP contribution in [-0.2, 0) is 4.79 Å². The third kappa shape index (κ3) is 5.35. The molecule has 0 aromatic heterocycles. The Morgan fingerprint density at radius 1 is 0.686 bits per heavy atom. The van der Waals surface area contributed by atoms with Crippen molar-refractivity contribution in [1.82, 2.24) is 9.80 Å². The standard InChI is InChI=1S/C29H30ClN3O2/c30-26-7-4-8-27(21-26)31-17-19-33(20-18-31)29(35)25-13-15-32(16-14-25)28(34)24-11-9-23(10-12-24)22-5-2-1-3-6-22/h1-12,21,25H,13-20H2. The van der Waals surface area contributed by atoms with Crippen molar-refractivity contribution < 1.29 is 9.59 Å². The second-order valence-electron chi connectivity index (χ2n) is 9.30. The van der Waals surface area contributed by atoms with Crippen molar-refractivity contribution in [2.24, 2.45) is 5.92 Å². The largest absolute Gasteiger partial charge is 0.368 e. The van der Waals surface area contributed by atoms with Crippen LogP contribution >= 0.6 is 11.6 Å². The molecular weight excluding hydrogens is 458 g/mol. The van der Waals surface area contributed by atoms with Gasteiger partial charge in [-0.25, -0.2) is 0 Å². The Kier molecular flexibility index (Phi) is 7.05. The first-order valence-electron chi connectivity index (χ1n) is 12.3. The van der Waals surface area contributed by atoms with Crippen molar-refractivity contribution in [2.45, 2.75) is 12.8 Å². The van der Waals surface area contributed by atoms with Gasteiger partial charge in [0.1, 0.15) is 0 Å². The topological polar surface area (TPSA) is 43.9 Å². The molecule has 180 valence electrons. The number of carbonyl (C=O) groups excluding carboxylic acids is 2. The molecule has 5 rings (SSSR count). The van der Waals surface area contributed by atoms with E-state index in [4.69, 9.17) is 11.6 Å². The summed E-state index contributed by atoms with van der Waals surface area (Å²) < 4.78 is 0. The molecule has 3 aromatic carbocycles. The Labute approximate surface area is 211 Å². The van der Waals surface area contributed by atoms with Crippen molar-refractivity contribution >= 4 is 29.1 Å². The minimum absolute atomic E-state index is 0.00257. The molecule has 0 unspecified atom stereocenters. The normalized spacial score (nSPS) is 16.9. The fraction of sp³-hybridized carbons (Fsp3) is 0.310. The summed E-state index contributed by atoms with van der Waals surface area (Å²) in [7, 11) is 0. The molecule has 2 amide bonds. The molecule has 2 saturated heterocycles. The van der Waals surface area contributed by atoms with Crippen LogP contribution in [0.2, 0.25) is 5.02 Å². The third-order valence-corrected chi connectivity index (χ3v) is 7.37. The van der Waals surface area contributed by atoms with Gasteiger partial charge in [0, 0.05) is 61.5 Å². The van der Waals surface area contributed by atoms with Gasteiger partial charge < -0.3 is 14.7 Å². The van der Waals surface area contributed by atoms with Crippen LogP contribution in [0.4, 0.5) is 5.69 Å².